The molecule has 0 amide bonds. The highest BCUT2D eigenvalue weighted by molar-refractivity contribution is 9.10. The molecule has 0 saturated carbocycles. The predicted octanol–water partition coefficient (Wildman–Crippen LogP) is 7.13. The molecule has 0 aromatic heterocycles. The standard InChI is InChI=1S/C23H20Br2O3/c1-15(2)14-27-21-10-9-18(13-19(21)24)23(26)28-22-11-8-17(12-20(22)25)16-6-4-3-5-7-16/h3-13,15H,14H2,1-2H3. The molecular formula is C23H20Br2O3. The summed E-state index contributed by atoms with van der Waals surface area (Å²) in [5.41, 5.74) is 2.59. The summed E-state index contributed by atoms with van der Waals surface area (Å²) < 4.78 is 12.7. The highest BCUT2D eigenvalue weighted by Crippen LogP contribution is 2.32. The number of rotatable bonds is 6. The molecule has 0 aliphatic heterocycles. The number of esters is 1. The summed E-state index contributed by atoms with van der Waals surface area (Å²) in [4.78, 5) is 12.5. The van der Waals surface area contributed by atoms with Crippen LogP contribution in [0.25, 0.3) is 11.1 Å². The minimum atomic E-state index is -0.427. The van der Waals surface area contributed by atoms with Gasteiger partial charge in [-0.2, -0.15) is 0 Å². The van der Waals surface area contributed by atoms with E-state index in [-0.39, 0.29) is 0 Å². The summed E-state index contributed by atoms with van der Waals surface area (Å²) in [6.45, 7) is 4.78. The lowest BCUT2D eigenvalue weighted by atomic mass is 10.1. The van der Waals surface area contributed by atoms with Gasteiger partial charge in [0, 0.05) is 0 Å². The van der Waals surface area contributed by atoms with Gasteiger partial charge in [-0.25, -0.2) is 4.79 Å². The van der Waals surface area contributed by atoms with Gasteiger partial charge in [-0.05, 0) is 79.2 Å². The van der Waals surface area contributed by atoms with Crippen LogP contribution in [0.1, 0.15) is 24.2 Å². The fourth-order valence-corrected chi connectivity index (χ4v) is 3.51. The molecule has 0 aliphatic rings. The minimum absolute atomic E-state index is 0.424. The van der Waals surface area contributed by atoms with E-state index < -0.39 is 5.97 Å². The van der Waals surface area contributed by atoms with Crippen LogP contribution in [0.4, 0.5) is 0 Å². The Balaban J connectivity index is 1.73. The smallest absolute Gasteiger partial charge is 0.343 e. The lowest BCUT2D eigenvalue weighted by molar-refractivity contribution is 0.0733. The molecule has 0 bridgehead atoms. The van der Waals surface area contributed by atoms with E-state index in [1.165, 1.54) is 0 Å². The molecule has 0 radical (unpaired) electrons. The third kappa shape index (κ3) is 5.24. The molecule has 0 spiro atoms. The number of hydrogen-bond acceptors (Lipinski definition) is 3. The van der Waals surface area contributed by atoms with Gasteiger partial charge in [-0.3, -0.25) is 0 Å². The summed E-state index contributed by atoms with van der Waals surface area (Å²) >= 11 is 6.96. The van der Waals surface area contributed by atoms with Crippen LogP contribution >= 0.6 is 31.9 Å². The van der Waals surface area contributed by atoms with Crippen molar-refractivity contribution in [3.05, 3.63) is 81.2 Å². The molecule has 0 N–H and O–H groups in total. The Bertz CT molecular complexity index is 969. The molecule has 3 rings (SSSR count). The molecule has 3 nitrogen and oxygen atoms in total. The first kappa shape index (κ1) is 20.6. The molecule has 5 heteroatoms. The monoisotopic (exact) mass is 502 g/mol. The second-order valence-electron chi connectivity index (χ2n) is 6.75. The highest BCUT2D eigenvalue weighted by atomic mass is 79.9. The molecule has 28 heavy (non-hydrogen) atoms. The van der Waals surface area contributed by atoms with E-state index in [0.717, 1.165) is 20.1 Å². The van der Waals surface area contributed by atoms with Gasteiger partial charge < -0.3 is 9.47 Å². The van der Waals surface area contributed by atoms with Gasteiger partial charge in [0.15, 0.2) is 0 Å². The first-order valence-corrected chi connectivity index (χ1v) is 10.5. The number of ether oxygens (including phenoxy) is 2. The van der Waals surface area contributed by atoms with E-state index >= 15 is 0 Å². The third-order valence-corrected chi connectivity index (χ3v) is 5.22. The number of halogens is 2. The van der Waals surface area contributed by atoms with Crippen molar-refractivity contribution in [1.29, 1.82) is 0 Å². The summed E-state index contributed by atoms with van der Waals surface area (Å²) in [6, 6.07) is 20.9. The van der Waals surface area contributed by atoms with Crippen LogP contribution in [0.2, 0.25) is 0 Å². The average molecular weight is 504 g/mol. The zero-order chi connectivity index (χ0) is 20.1. The second-order valence-corrected chi connectivity index (χ2v) is 8.46. The fourth-order valence-electron chi connectivity index (χ4n) is 2.55. The number of hydrogen-bond donors (Lipinski definition) is 0. The van der Waals surface area contributed by atoms with Gasteiger partial charge in [-0.1, -0.05) is 50.2 Å². The molecule has 0 heterocycles. The summed E-state index contributed by atoms with van der Waals surface area (Å²) in [6.07, 6.45) is 0. The van der Waals surface area contributed by atoms with E-state index in [1.54, 1.807) is 24.3 Å². The third-order valence-electron chi connectivity index (χ3n) is 3.98. The van der Waals surface area contributed by atoms with Crippen molar-refractivity contribution in [2.75, 3.05) is 6.61 Å². The normalized spacial score (nSPS) is 10.8. The van der Waals surface area contributed by atoms with E-state index in [1.807, 2.05) is 42.5 Å². The van der Waals surface area contributed by atoms with Crippen LogP contribution in [0.3, 0.4) is 0 Å². The first-order chi connectivity index (χ1) is 13.4. The van der Waals surface area contributed by atoms with Crippen LogP contribution in [0, 0.1) is 5.92 Å². The van der Waals surface area contributed by atoms with E-state index in [9.17, 15) is 4.79 Å². The Labute approximate surface area is 181 Å². The summed E-state index contributed by atoms with van der Waals surface area (Å²) in [5.74, 6) is 1.18. The number of carbonyl (C=O) groups is 1. The largest absolute Gasteiger partial charge is 0.492 e. The van der Waals surface area contributed by atoms with E-state index in [0.29, 0.717) is 29.6 Å². The molecule has 0 unspecified atom stereocenters. The lowest BCUT2D eigenvalue weighted by Gasteiger charge is -2.12. The fraction of sp³-hybridized carbons (Fsp3) is 0.174. The zero-order valence-electron chi connectivity index (χ0n) is 15.6. The Kier molecular flexibility index (Phi) is 6.92. The number of carbonyl (C=O) groups excluding carboxylic acids is 1. The molecule has 0 fully saturated rings. The molecule has 3 aromatic carbocycles. The van der Waals surface area contributed by atoms with Gasteiger partial charge in [-0.15, -0.1) is 0 Å². The Morgan fingerprint density at radius 3 is 2.18 bits per heavy atom. The van der Waals surface area contributed by atoms with Crippen molar-refractivity contribution in [3.63, 3.8) is 0 Å². The molecule has 3 aromatic rings. The maximum Gasteiger partial charge on any atom is 0.343 e. The van der Waals surface area contributed by atoms with Crippen molar-refractivity contribution in [3.8, 4) is 22.6 Å². The minimum Gasteiger partial charge on any atom is -0.492 e. The van der Waals surface area contributed by atoms with Crippen molar-refractivity contribution < 1.29 is 14.3 Å². The zero-order valence-corrected chi connectivity index (χ0v) is 18.8. The Morgan fingerprint density at radius 2 is 1.54 bits per heavy atom. The molecule has 0 saturated heterocycles. The van der Waals surface area contributed by atoms with Crippen molar-refractivity contribution in [2.24, 2.45) is 5.92 Å². The number of benzene rings is 3. The Hall–Kier alpha value is -2.11. The molecule has 144 valence electrons. The van der Waals surface area contributed by atoms with Crippen LogP contribution < -0.4 is 9.47 Å². The molecule has 0 aliphatic carbocycles. The Morgan fingerprint density at radius 1 is 0.857 bits per heavy atom. The summed E-state index contributed by atoms with van der Waals surface area (Å²) in [5, 5.41) is 0. The molecule has 0 atom stereocenters. The van der Waals surface area contributed by atoms with Crippen LogP contribution in [0.5, 0.6) is 11.5 Å². The highest BCUT2D eigenvalue weighted by Gasteiger charge is 2.14. The quantitative estimate of drug-likeness (QED) is 0.265. The maximum absolute atomic E-state index is 12.5. The van der Waals surface area contributed by atoms with Crippen LogP contribution in [-0.2, 0) is 0 Å². The van der Waals surface area contributed by atoms with Gasteiger partial charge >= 0.3 is 5.97 Å². The van der Waals surface area contributed by atoms with E-state index in [4.69, 9.17) is 9.47 Å². The van der Waals surface area contributed by atoms with Gasteiger partial charge in [0.1, 0.15) is 11.5 Å². The van der Waals surface area contributed by atoms with Crippen molar-refractivity contribution in [2.45, 2.75) is 13.8 Å². The first-order valence-electron chi connectivity index (χ1n) is 8.93. The maximum atomic E-state index is 12.5. The SMILES string of the molecule is CC(C)COc1ccc(C(=O)Oc2ccc(-c3ccccc3)cc2Br)cc1Br. The van der Waals surface area contributed by atoms with Gasteiger partial charge in [0.2, 0.25) is 0 Å². The van der Waals surface area contributed by atoms with Crippen LogP contribution in [-0.4, -0.2) is 12.6 Å². The second kappa shape index (κ2) is 9.39. The summed E-state index contributed by atoms with van der Waals surface area (Å²) in [7, 11) is 0. The van der Waals surface area contributed by atoms with Gasteiger partial charge in [0.05, 0.1) is 21.1 Å². The predicted molar refractivity (Wildman–Crippen MR) is 119 cm³/mol. The van der Waals surface area contributed by atoms with Crippen molar-refractivity contribution in [1.82, 2.24) is 0 Å². The average Bonchev–Trinajstić information content (AvgIpc) is 2.69. The molecular weight excluding hydrogens is 484 g/mol. The van der Waals surface area contributed by atoms with E-state index in [2.05, 4.69) is 45.7 Å². The lowest BCUT2D eigenvalue weighted by Crippen LogP contribution is -2.10. The van der Waals surface area contributed by atoms with Crippen LogP contribution in [0.15, 0.2) is 75.7 Å². The van der Waals surface area contributed by atoms with Gasteiger partial charge in [0.25, 0.3) is 0 Å². The van der Waals surface area contributed by atoms with Crippen molar-refractivity contribution >= 4 is 37.8 Å². The topological polar surface area (TPSA) is 35.5 Å².